The molecule has 2 N–H and O–H groups in total. The highest BCUT2D eigenvalue weighted by molar-refractivity contribution is 7.91. The van der Waals surface area contributed by atoms with Crippen LogP contribution in [-0.4, -0.2) is 26.0 Å². The summed E-state index contributed by atoms with van der Waals surface area (Å²) in [4.78, 5) is 24.1. The number of amides is 2. The highest BCUT2D eigenvalue weighted by Crippen LogP contribution is 2.61. The van der Waals surface area contributed by atoms with Gasteiger partial charge in [-0.15, -0.1) is 0 Å². The Morgan fingerprint density at radius 3 is 1.97 bits per heavy atom. The van der Waals surface area contributed by atoms with Crippen molar-refractivity contribution in [1.29, 1.82) is 0 Å². The lowest BCUT2D eigenvalue weighted by molar-refractivity contribution is -0.130. The molecule has 9 heteroatoms. The SMILES string of the molecule is O=C(CC12CC3CC(CC(C3)C1)C2)NNC(=O)c1ccc(S(=O)(=O)C(F)F)cc1. The van der Waals surface area contributed by atoms with E-state index < -0.39 is 26.4 Å². The molecule has 4 fully saturated rings. The minimum absolute atomic E-state index is 0.0504. The van der Waals surface area contributed by atoms with E-state index in [1.54, 1.807) is 0 Å². The molecule has 5 rings (SSSR count). The van der Waals surface area contributed by atoms with E-state index in [1.165, 1.54) is 19.3 Å². The van der Waals surface area contributed by atoms with Crippen LogP contribution in [0.2, 0.25) is 0 Å². The second kappa shape index (κ2) is 7.34. The van der Waals surface area contributed by atoms with Crippen molar-refractivity contribution in [2.45, 2.75) is 55.6 Å². The third-order valence-corrected chi connectivity index (χ3v) is 8.09. The van der Waals surface area contributed by atoms with Crippen molar-refractivity contribution in [3.8, 4) is 0 Å². The summed E-state index contributed by atoms with van der Waals surface area (Å²) < 4.78 is 48.0. The van der Waals surface area contributed by atoms with Gasteiger partial charge in [0.25, 0.3) is 5.91 Å². The highest BCUT2D eigenvalue weighted by atomic mass is 32.2. The monoisotopic (exact) mass is 426 g/mol. The quantitative estimate of drug-likeness (QED) is 0.708. The van der Waals surface area contributed by atoms with E-state index >= 15 is 0 Å². The lowest BCUT2D eigenvalue weighted by Crippen LogP contribution is -2.50. The first-order valence-electron chi connectivity index (χ1n) is 9.88. The van der Waals surface area contributed by atoms with E-state index in [-0.39, 0.29) is 16.9 Å². The van der Waals surface area contributed by atoms with E-state index in [0.29, 0.717) is 6.42 Å². The van der Waals surface area contributed by atoms with Gasteiger partial charge in [0.05, 0.1) is 4.90 Å². The summed E-state index contributed by atoms with van der Waals surface area (Å²) in [5, 5.41) is 0. The molecule has 0 aromatic heterocycles. The van der Waals surface area contributed by atoms with Gasteiger partial charge in [-0.25, -0.2) is 8.42 Å². The number of rotatable bonds is 5. The number of hydrogen-bond donors (Lipinski definition) is 2. The second-order valence-electron chi connectivity index (χ2n) is 8.93. The summed E-state index contributed by atoms with van der Waals surface area (Å²) in [5.41, 5.74) is 4.88. The van der Waals surface area contributed by atoms with Crippen LogP contribution < -0.4 is 10.9 Å². The molecule has 0 spiro atoms. The molecule has 0 aliphatic heterocycles. The van der Waals surface area contributed by atoms with Crippen LogP contribution in [0, 0.1) is 23.2 Å². The summed E-state index contributed by atoms with van der Waals surface area (Å²) in [6.45, 7) is 0. The van der Waals surface area contributed by atoms with Gasteiger partial charge in [-0.3, -0.25) is 20.4 Å². The van der Waals surface area contributed by atoms with E-state index in [9.17, 15) is 26.8 Å². The maximum Gasteiger partial charge on any atom is 0.341 e. The van der Waals surface area contributed by atoms with Gasteiger partial charge in [0.2, 0.25) is 15.7 Å². The molecule has 0 atom stereocenters. The standard InChI is InChI=1S/C20H24F2N2O4S/c21-19(22)29(27,28)16-3-1-15(2-4-16)18(26)24-23-17(25)11-20-8-12-5-13(9-20)7-14(6-12)10-20/h1-4,12-14,19H,5-11H2,(H,23,25)(H,24,26). The van der Waals surface area contributed by atoms with Crippen molar-refractivity contribution in [3.63, 3.8) is 0 Å². The van der Waals surface area contributed by atoms with E-state index in [2.05, 4.69) is 10.9 Å². The maximum atomic E-state index is 12.6. The summed E-state index contributed by atoms with van der Waals surface area (Å²) in [6, 6.07) is 4.17. The second-order valence-corrected chi connectivity index (χ2v) is 10.8. The molecule has 2 amide bonds. The molecule has 0 heterocycles. The van der Waals surface area contributed by atoms with Crippen molar-refractivity contribution in [2.24, 2.45) is 23.2 Å². The topological polar surface area (TPSA) is 92.3 Å². The molecule has 1 aromatic rings. The first-order valence-corrected chi connectivity index (χ1v) is 11.4. The van der Waals surface area contributed by atoms with Crippen molar-refractivity contribution < 1.29 is 26.8 Å². The molecule has 0 unspecified atom stereocenters. The molecule has 4 saturated carbocycles. The maximum absolute atomic E-state index is 12.6. The van der Waals surface area contributed by atoms with Crippen molar-refractivity contribution in [1.82, 2.24) is 10.9 Å². The fourth-order valence-electron chi connectivity index (χ4n) is 5.99. The van der Waals surface area contributed by atoms with Crippen LogP contribution in [0.5, 0.6) is 0 Å². The van der Waals surface area contributed by atoms with E-state index in [0.717, 1.165) is 61.3 Å². The normalized spacial score (nSPS) is 30.4. The number of carbonyl (C=O) groups is 2. The number of carbonyl (C=O) groups excluding carboxylic acids is 2. The van der Waals surface area contributed by atoms with Gasteiger partial charge in [0.15, 0.2) is 0 Å². The Morgan fingerprint density at radius 1 is 0.966 bits per heavy atom. The fourth-order valence-corrected chi connectivity index (χ4v) is 6.71. The number of alkyl halides is 2. The average Bonchev–Trinajstić information content (AvgIpc) is 2.64. The van der Waals surface area contributed by atoms with Gasteiger partial charge in [-0.05, 0) is 86.0 Å². The predicted molar refractivity (Wildman–Crippen MR) is 100 cm³/mol. The molecule has 4 aliphatic rings. The third kappa shape index (κ3) is 4.01. The number of sulfone groups is 1. The third-order valence-electron chi connectivity index (χ3n) is 6.70. The molecule has 4 bridgehead atoms. The van der Waals surface area contributed by atoms with Gasteiger partial charge >= 0.3 is 5.76 Å². The zero-order valence-electron chi connectivity index (χ0n) is 15.9. The Balaban J connectivity index is 1.32. The summed E-state index contributed by atoms with van der Waals surface area (Å²) in [5.74, 6) is -2.21. The van der Waals surface area contributed by atoms with Crippen LogP contribution in [0.3, 0.4) is 0 Å². The largest absolute Gasteiger partial charge is 0.341 e. The Morgan fingerprint density at radius 2 is 1.48 bits per heavy atom. The fraction of sp³-hybridized carbons (Fsp3) is 0.600. The molecular formula is C20H24F2N2O4S. The van der Waals surface area contributed by atoms with Gasteiger partial charge in [0.1, 0.15) is 0 Å². The Kier molecular flexibility index (Phi) is 5.13. The number of nitrogens with one attached hydrogen (secondary N) is 2. The van der Waals surface area contributed by atoms with E-state index in [4.69, 9.17) is 0 Å². The Bertz CT molecular complexity index is 880. The van der Waals surface area contributed by atoms with Gasteiger partial charge in [-0.2, -0.15) is 8.78 Å². The average molecular weight is 426 g/mol. The molecule has 4 aliphatic carbocycles. The lowest BCUT2D eigenvalue weighted by atomic mass is 9.49. The molecule has 0 saturated heterocycles. The molecule has 158 valence electrons. The molecule has 1 aromatic carbocycles. The van der Waals surface area contributed by atoms with Crippen LogP contribution in [0.15, 0.2) is 29.2 Å². The van der Waals surface area contributed by atoms with E-state index in [1.807, 2.05) is 0 Å². The van der Waals surface area contributed by atoms with Crippen molar-refractivity contribution in [2.75, 3.05) is 0 Å². The van der Waals surface area contributed by atoms with Crippen LogP contribution in [-0.2, 0) is 14.6 Å². The van der Waals surface area contributed by atoms with Gasteiger partial charge in [0, 0.05) is 12.0 Å². The molecule has 29 heavy (non-hydrogen) atoms. The van der Waals surface area contributed by atoms with Crippen LogP contribution >= 0.6 is 0 Å². The number of hydrogen-bond acceptors (Lipinski definition) is 4. The van der Waals surface area contributed by atoms with Crippen LogP contribution in [0.1, 0.15) is 55.3 Å². The van der Waals surface area contributed by atoms with Crippen LogP contribution in [0.4, 0.5) is 8.78 Å². The van der Waals surface area contributed by atoms with Crippen LogP contribution in [0.25, 0.3) is 0 Å². The van der Waals surface area contributed by atoms with Crippen molar-refractivity contribution in [3.05, 3.63) is 29.8 Å². The van der Waals surface area contributed by atoms with Gasteiger partial charge < -0.3 is 0 Å². The minimum atomic E-state index is -4.71. The first kappa shape index (κ1) is 20.3. The smallest absolute Gasteiger partial charge is 0.273 e. The zero-order chi connectivity index (χ0) is 20.8. The summed E-state index contributed by atoms with van der Waals surface area (Å²) in [7, 11) is -4.71. The first-order chi connectivity index (χ1) is 13.7. The van der Waals surface area contributed by atoms with Crippen molar-refractivity contribution >= 4 is 21.7 Å². The molecular weight excluding hydrogens is 402 g/mol. The highest BCUT2D eigenvalue weighted by Gasteiger charge is 2.51. The Labute approximate surface area is 168 Å². The summed E-state index contributed by atoms with van der Waals surface area (Å²) in [6.07, 6.45) is 7.50. The lowest BCUT2D eigenvalue weighted by Gasteiger charge is -2.56. The summed E-state index contributed by atoms with van der Waals surface area (Å²) >= 11 is 0. The van der Waals surface area contributed by atoms with Gasteiger partial charge in [-0.1, -0.05) is 0 Å². The Hall–Kier alpha value is -2.03. The predicted octanol–water partition coefficient (Wildman–Crippen LogP) is 3.05. The number of benzene rings is 1. The molecule has 0 radical (unpaired) electrons. The zero-order valence-corrected chi connectivity index (χ0v) is 16.7. The minimum Gasteiger partial charge on any atom is -0.273 e. The number of halogens is 2. The molecule has 6 nitrogen and oxygen atoms in total. The number of hydrazine groups is 1.